The molecule has 0 saturated carbocycles. The molecule has 1 heterocycles. The van der Waals surface area contributed by atoms with Crippen LogP contribution in [0.4, 0.5) is 0 Å². The summed E-state index contributed by atoms with van der Waals surface area (Å²) in [7, 11) is 2.11. The molecular formula is C10H18N2. The third kappa shape index (κ3) is 1.89. The summed E-state index contributed by atoms with van der Waals surface area (Å²) < 4.78 is 0. The zero-order valence-electron chi connectivity index (χ0n) is 8.17. The molecule has 1 unspecified atom stereocenters. The fourth-order valence-corrected chi connectivity index (χ4v) is 1.41. The van der Waals surface area contributed by atoms with Crippen molar-refractivity contribution >= 4 is 0 Å². The molecule has 0 aromatic rings. The SMILES string of the molecule is CCC1=CC(C(C)N)=CCN1C. The van der Waals surface area contributed by atoms with Crippen molar-refractivity contribution in [3.8, 4) is 0 Å². The molecule has 0 bridgehead atoms. The average Bonchev–Trinajstić information content (AvgIpc) is 2.05. The van der Waals surface area contributed by atoms with Crippen LogP contribution in [-0.2, 0) is 0 Å². The van der Waals surface area contributed by atoms with Gasteiger partial charge in [-0.1, -0.05) is 13.0 Å². The highest BCUT2D eigenvalue weighted by molar-refractivity contribution is 5.30. The molecule has 0 fully saturated rings. The van der Waals surface area contributed by atoms with Crippen molar-refractivity contribution in [2.75, 3.05) is 13.6 Å². The van der Waals surface area contributed by atoms with Gasteiger partial charge >= 0.3 is 0 Å². The molecule has 0 aliphatic carbocycles. The monoisotopic (exact) mass is 166 g/mol. The van der Waals surface area contributed by atoms with E-state index in [0.29, 0.717) is 0 Å². The molecular weight excluding hydrogens is 148 g/mol. The van der Waals surface area contributed by atoms with Crippen LogP contribution in [0.25, 0.3) is 0 Å². The van der Waals surface area contributed by atoms with E-state index in [9.17, 15) is 0 Å². The summed E-state index contributed by atoms with van der Waals surface area (Å²) in [6.45, 7) is 5.20. The van der Waals surface area contributed by atoms with E-state index in [1.807, 2.05) is 6.92 Å². The van der Waals surface area contributed by atoms with E-state index >= 15 is 0 Å². The maximum absolute atomic E-state index is 5.80. The van der Waals surface area contributed by atoms with Gasteiger partial charge < -0.3 is 10.6 Å². The smallest absolute Gasteiger partial charge is 0.0359 e. The lowest BCUT2D eigenvalue weighted by Gasteiger charge is -2.26. The number of nitrogens with zero attached hydrogens (tertiary/aromatic N) is 1. The van der Waals surface area contributed by atoms with Crippen molar-refractivity contribution in [2.45, 2.75) is 26.3 Å². The quantitative estimate of drug-likeness (QED) is 0.673. The molecule has 68 valence electrons. The van der Waals surface area contributed by atoms with Crippen LogP contribution in [0.15, 0.2) is 23.4 Å². The molecule has 2 nitrogen and oxygen atoms in total. The lowest BCUT2D eigenvalue weighted by Crippen LogP contribution is -2.26. The predicted octanol–water partition coefficient (Wildman–Crippen LogP) is 1.50. The van der Waals surface area contributed by atoms with Crippen molar-refractivity contribution in [2.24, 2.45) is 5.73 Å². The van der Waals surface area contributed by atoms with Gasteiger partial charge in [-0.2, -0.15) is 0 Å². The van der Waals surface area contributed by atoms with Crippen molar-refractivity contribution < 1.29 is 0 Å². The molecule has 1 aliphatic heterocycles. The second-order valence-corrected chi connectivity index (χ2v) is 3.36. The van der Waals surface area contributed by atoms with Crippen LogP contribution in [-0.4, -0.2) is 24.5 Å². The standard InChI is InChI=1S/C10H18N2/c1-4-10-7-9(8(2)11)5-6-12(10)3/h5,7-8H,4,6,11H2,1-3H3. The Bertz CT molecular complexity index is 214. The zero-order valence-corrected chi connectivity index (χ0v) is 8.17. The minimum atomic E-state index is 0.167. The summed E-state index contributed by atoms with van der Waals surface area (Å²) in [5, 5.41) is 0. The van der Waals surface area contributed by atoms with Crippen molar-refractivity contribution in [3.05, 3.63) is 23.4 Å². The van der Waals surface area contributed by atoms with Crippen molar-refractivity contribution in [1.29, 1.82) is 0 Å². The van der Waals surface area contributed by atoms with Gasteiger partial charge in [0.1, 0.15) is 0 Å². The van der Waals surface area contributed by atoms with Crippen molar-refractivity contribution in [3.63, 3.8) is 0 Å². The molecule has 2 heteroatoms. The number of allylic oxidation sites excluding steroid dienone is 1. The van der Waals surface area contributed by atoms with E-state index in [2.05, 4.69) is 31.0 Å². The largest absolute Gasteiger partial charge is 0.374 e. The minimum absolute atomic E-state index is 0.167. The van der Waals surface area contributed by atoms with Crippen LogP contribution < -0.4 is 5.73 Å². The Kier molecular flexibility index (Phi) is 2.93. The van der Waals surface area contributed by atoms with Crippen molar-refractivity contribution in [1.82, 2.24) is 4.90 Å². The fraction of sp³-hybridized carbons (Fsp3) is 0.600. The molecule has 0 spiro atoms. The Hall–Kier alpha value is -0.760. The highest BCUT2D eigenvalue weighted by atomic mass is 15.1. The van der Waals surface area contributed by atoms with E-state index in [1.54, 1.807) is 0 Å². The Morgan fingerprint density at radius 2 is 2.33 bits per heavy atom. The summed E-state index contributed by atoms with van der Waals surface area (Å²) in [6, 6.07) is 0.167. The number of rotatable bonds is 2. The Balaban J connectivity index is 2.77. The summed E-state index contributed by atoms with van der Waals surface area (Å²) in [5.41, 5.74) is 8.45. The van der Waals surface area contributed by atoms with Gasteiger partial charge in [-0.15, -0.1) is 0 Å². The highest BCUT2D eigenvalue weighted by Gasteiger charge is 2.10. The van der Waals surface area contributed by atoms with Gasteiger partial charge in [0, 0.05) is 25.3 Å². The number of nitrogens with two attached hydrogens (primary N) is 1. The van der Waals surface area contributed by atoms with Crippen LogP contribution in [0.2, 0.25) is 0 Å². The number of hydrogen-bond donors (Lipinski definition) is 1. The normalized spacial score (nSPS) is 20.2. The number of hydrogen-bond acceptors (Lipinski definition) is 2. The van der Waals surface area contributed by atoms with E-state index in [-0.39, 0.29) is 6.04 Å². The van der Waals surface area contributed by atoms with Crippen LogP contribution >= 0.6 is 0 Å². The summed E-state index contributed by atoms with van der Waals surface area (Å²) in [5.74, 6) is 0. The van der Waals surface area contributed by atoms with Crippen LogP contribution in [0.3, 0.4) is 0 Å². The first-order chi connectivity index (χ1) is 5.65. The molecule has 1 rings (SSSR count). The highest BCUT2D eigenvalue weighted by Crippen LogP contribution is 2.17. The van der Waals surface area contributed by atoms with Gasteiger partial charge in [0.05, 0.1) is 0 Å². The van der Waals surface area contributed by atoms with Gasteiger partial charge in [0.15, 0.2) is 0 Å². The molecule has 2 N–H and O–H groups in total. The lowest BCUT2D eigenvalue weighted by molar-refractivity contribution is 0.439. The first-order valence-corrected chi connectivity index (χ1v) is 4.52. The topological polar surface area (TPSA) is 29.3 Å². The summed E-state index contributed by atoms with van der Waals surface area (Å²) >= 11 is 0. The molecule has 0 aromatic carbocycles. The second-order valence-electron chi connectivity index (χ2n) is 3.36. The molecule has 1 aliphatic rings. The Morgan fingerprint density at radius 1 is 1.67 bits per heavy atom. The average molecular weight is 166 g/mol. The molecule has 1 atom stereocenters. The minimum Gasteiger partial charge on any atom is -0.374 e. The third-order valence-corrected chi connectivity index (χ3v) is 2.31. The van der Waals surface area contributed by atoms with Crippen LogP contribution in [0.5, 0.6) is 0 Å². The third-order valence-electron chi connectivity index (χ3n) is 2.31. The predicted molar refractivity (Wildman–Crippen MR) is 52.7 cm³/mol. The molecule has 0 radical (unpaired) electrons. The van der Waals surface area contributed by atoms with Gasteiger partial charge in [-0.05, 0) is 25.0 Å². The first-order valence-electron chi connectivity index (χ1n) is 4.52. The van der Waals surface area contributed by atoms with E-state index in [0.717, 1.165) is 13.0 Å². The van der Waals surface area contributed by atoms with Gasteiger partial charge in [0.2, 0.25) is 0 Å². The zero-order chi connectivity index (χ0) is 9.14. The molecule has 0 saturated heterocycles. The van der Waals surface area contributed by atoms with Gasteiger partial charge in [0.25, 0.3) is 0 Å². The maximum Gasteiger partial charge on any atom is 0.0359 e. The molecule has 0 amide bonds. The van der Waals surface area contributed by atoms with E-state index in [4.69, 9.17) is 5.73 Å². The Morgan fingerprint density at radius 3 is 2.83 bits per heavy atom. The van der Waals surface area contributed by atoms with Crippen LogP contribution in [0.1, 0.15) is 20.3 Å². The summed E-state index contributed by atoms with van der Waals surface area (Å²) in [6.07, 6.45) is 5.48. The van der Waals surface area contributed by atoms with Gasteiger partial charge in [-0.25, -0.2) is 0 Å². The van der Waals surface area contributed by atoms with E-state index in [1.165, 1.54) is 11.3 Å². The fourth-order valence-electron chi connectivity index (χ4n) is 1.41. The Labute approximate surface area is 74.7 Å². The molecule has 12 heavy (non-hydrogen) atoms. The van der Waals surface area contributed by atoms with Gasteiger partial charge in [-0.3, -0.25) is 0 Å². The maximum atomic E-state index is 5.80. The molecule has 0 aromatic heterocycles. The van der Waals surface area contributed by atoms with Crippen LogP contribution in [0, 0.1) is 0 Å². The first kappa shape index (κ1) is 9.33. The lowest BCUT2D eigenvalue weighted by atomic mass is 10.0. The summed E-state index contributed by atoms with van der Waals surface area (Å²) in [4.78, 5) is 2.26. The second kappa shape index (κ2) is 3.76. The number of likely N-dealkylation sites (N-methyl/N-ethyl adjacent to an activating group) is 1. The van der Waals surface area contributed by atoms with E-state index < -0.39 is 0 Å².